The van der Waals surface area contributed by atoms with Crippen molar-refractivity contribution < 1.29 is 9.26 Å². The number of nitrogens with two attached hydrogens (primary N) is 1. The van der Waals surface area contributed by atoms with Crippen LogP contribution in [0.5, 0.6) is 0 Å². The minimum absolute atomic E-state index is 0.526. The molecular formula is C8H15N3O2. The van der Waals surface area contributed by atoms with Crippen LogP contribution in [-0.4, -0.2) is 23.9 Å². The van der Waals surface area contributed by atoms with E-state index in [1.54, 1.807) is 7.11 Å². The highest BCUT2D eigenvalue weighted by molar-refractivity contribution is 4.98. The van der Waals surface area contributed by atoms with E-state index in [1.807, 2.05) is 13.8 Å². The van der Waals surface area contributed by atoms with Gasteiger partial charge in [-0.15, -0.1) is 0 Å². The molecular weight excluding hydrogens is 170 g/mol. The zero-order valence-electron chi connectivity index (χ0n) is 8.20. The maximum Gasteiger partial charge on any atom is 0.229 e. The number of hydrogen-bond acceptors (Lipinski definition) is 5. The maximum absolute atomic E-state index is 5.78. The Morgan fingerprint density at radius 3 is 2.69 bits per heavy atom. The third-order valence-corrected chi connectivity index (χ3v) is 1.56. The van der Waals surface area contributed by atoms with Crippen LogP contribution in [0.15, 0.2) is 4.52 Å². The Labute approximate surface area is 77.3 Å². The van der Waals surface area contributed by atoms with Gasteiger partial charge in [0, 0.05) is 7.11 Å². The summed E-state index contributed by atoms with van der Waals surface area (Å²) in [6.07, 6.45) is 0.625. The topological polar surface area (TPSA) is 74.2 Å². The van der Waals surface area contributed by atoms with Gasteiger partial charge < -0.3 is 15.0 Å². The number of rotatable bonds is 4. The summed E-state index contributed by atoms with van der Waals surface area (Å²) in [6, 6.07) is 0. The first-order chi connectivity index (χ1) is 6.04. The molecule has 0 aliphatic heterocycles. The molecule has 0 amide bonds. The smallest absolute Gasteiger partial charge is 0.229 e. The summed E-state index contributed by atoms with van der Waals surface area (Å²) in [5, 5.41) is 3.77. The molecule has 0 unspecified atom stereocenters. The fourth-order valence-electron chi connectivity index (χ4n) is 0.807. The number of methoxy groups -OCH3 is 1. The molecule has 0 aliphatic carbocycles. The molecule has 0 saturated carbocycles. The fourth-order valence-corrected chi connectivity index (χ4v) is 0.807. The highest BCUT2D eigenvalue weighted by Gasteiger charge is 2.21. The normalized spacial score (nSPS) is 12.0. The summed E-state index contributed by atoms with van der Waals surface area (Å²) >= 11 is 0. The Morgan fingerprint density at radius 1 is 1.54 bits per heavy atom. The van der Waals surface area contributed by atoms with Crippen LogP contribution in [0, 0.1) is 0 Å². The van der Waals surface area contributed by atoms with E-state index >= 15 is 0 Å². The van der Waals surface area contributed by atoms with Crippen molar-refractivity contribution in [3.63, 3.8) is 0 Å². The van der Waals surface area contributed by atoms with Crippen LogP contribution in [0.25, 0.3) is 0 Å². The lowest BCUT2D eigenvalue weighted by atomic mass is 10.1. The highest BCUT2D eigenvalue weighted by Crippen LogP contribution is 2.12. The molecule has 0 bridgehead atoms. The lowest BCUT2D eigenvalue weighted by molar-refractivity contribution is 0.192. The zero-order chi connectivity index (χ0) is 9.90. The van der Waals surface area contributed by atoms with Crippen LogP contribution in [0.1, 0.15) is 25.6 Å². The van der Waals surface area contributed by atoms with Gasteiger partial charge in [0.25, 0.3) is 0 Å². The molecule has 5 heteroatoms. The van der Waals surface area contributed by atoms with Gasteiger partial charge in [0.15, 0.2) is 5.82 Å². The first-order valence-corrected chi connectivity index (χ1v) is 4.15. The largest absolute Gasteiger partial charge is 0.384 e. The predicted octanol–water partition coefficient (Wildman–Crippen LogP) is 0.452. The van der Waals surface area contributed by atoms with Crippen molar-refractivity contribution >= 4 is 0 Å². The minimum atomic E-state index is -0.547. The monoisotopic (exact) mass is 185 g/mol. The summed E-state index contributed by atoms with van der Waals surface area (Å²) in [5.41, 5.74) is 5.24. The summed E-state index contributed by atoms with van der Waals surface area (Å²) in [4.78, 5) is 4.14. The molecule has 1 aromatic heterocycles. The lowest BCUT2D eigenvalue weighted by Crippen LogP contribution is -2.30. The molecule has 0 fully saturated rings. The molecule has 1 aromatic rings. The van der Waals surface area contributed by atoms with Gasteiger partial charge in [-0.05, 0) is 13.8 Å². The number of nitrogens with zero attached hydrogens (tertiary/aromatic N) is 2. The summed E-state index contributed by atoms with van der Waals surface area (Å²) in [5.74, 6) is 1.09. The van der Waals surface area contributed by atoms with Crippen molar-refractivity contribution in [2.24, 2.45) is 5.73 Å². The van der Waals surface area contributed by atoms with Crippen LogP contribution in [-0.2, 0) is 16.7 Å². The Kier molecular flexibility index (Phi) is 3.00. The van der Waals surface area contributed by atoms with Crippen LogP contribution < -0.4 is 5.73 Å². The van der Waals surface area contributed by atoms with E-state index < -0.39 is 5.54 Å². The Balaban J connectivity index is 2.64. The van der Waals surface area contributed by atoms with Crippen LogP contribution in [0.3, 0.4) is 0 Å². The van der Waals surface area contributed by atoms with E-state index in [0.717, 1.165) is 0 Å². The Hall–Kier alpha value is -0.940. The van der Waals surface area contributed by atoms with E-state index in [0.29, 0.717) is 24.7 Å². The molecule has 74 valence electrons. The number of hydrogen-bond donors (Lipinski definition) is 1. The van der Waals surface area contributed by atoms with E-state index in [9.17, 15) is 0 Å². The molecule has 2 N–H and O–H groups in total. The van der Waals surface area contributed by atoms with Crippen molar-refractivity contribution in [1.82, 2.24) is 10.1 Å². The van der Waals surface area contributed by atoms with Gasteiger partial charge >= 0.3 is 0 Å². The molecule has 1 heterocycles. The average molecular weight is 185 g/mol. The van der Waals surface area contributed by atoms with Gasteiger partial charge in [-0.2, -0.15) is 4.98 Å². The van der Waals surface area contributed by atoms with Crippen LogP contribution in [0.2, 0.25) is 0 Å². The van der Waals surface area contributed by atoms with Crippen molar-refractivity contribution in [1.29, 1.82) is 0 Å². The fraction of sp³-hybridized carbons (Fsp3) is 0.750. The van der Waals surface area contributed by atoms with E-state index in [4.69, 9.17) is 15.0 Å². The highest BCUT2D eigenvalue weighted by atomic mass is 16.5. The molecule has 0 spiro atoms. The first kappa shape index (κ1) is 10.1. The van der Waals surface area contributed by atoms with Crippen molar-refractivity contribution in [3.8, 4) is 0 Å². The average Bonchev–Trinajstić information content (AvgIpc) is 2.47. The van der Waals surface area contributed by atoms with Crippen LogP contribution >= 0.6 is 0 Å². The molecule has 0 aliphatic rings. The minimum Gasteiger partial charge on any atom is -0.384 e. The van der Waals surface area contributed by atoms with Crippen molar-refractivity contribution in [2.45, 2.75) is 25.8 Å². The van der Waals surface area contributed by atoms with Gasteiger partial charge in [-0.25, -0.2) is 0 Å². The molecule has 5 nitrogen and oxygen atoms in total. The summed E-state index contributed by atoms with van der Waals surface area (Å²) < 4.78 is 9.85. The van der Waals surface area contributed by atoms with Gasteiger partial charge in [0.05, 0.1) is 18.6 Å². The zero-order valence-corrected chi connectivity index (χ0v) is 8.20. The van der Waals surface area contributed by atoms with E-state index in [1.165, 1.54) is 0 Å². The first-order valence-electron chi connectivity index (χ1n) is 4.15. The molecule has 0 aromatic carbocycles. The molecule has 0 atom stereocenters. The lowest BCUT2D eigenvalue weighted by Gasteiger charge is -2.11. The number of ether oxygens (including phenoxy) is 1. The molecule has 0 radical (unpaired) electrons. The van der Waals surface area contributed by atoms with Gasteiger partial charge in [-0.3, -0.25) is 0 Å². The molecule has 13 heavy (non-hydrogen) atoms. The van der Waals surface area contributed by atoms with Gasteiger partial charge in [-0.1, -0.05) is 5.16 Å². The van der Waals surface area contributed by atoms with Gasteiger partial charge in [0.1, 0.15) is 0 Å². The molecule has 0 saturated heterocycles. The summed E-state index contributed by atoms with van der Waals surface area (Å²) in [7, 11) is 1.63. The second-order valence-corrected chi connectivity index (χ2v) is 3.48. The quantitative estimate of drug-likeness (QED) is 0.737. The number of aromatic nitrogens is 2. The Bertz CT molecular complexity index is 265. The Morgan fingerprint density at radius 2 is 2.23 bits per heavy atom. The third-order valence-electron chi connectivity index (χ3n) is 1.56. The molecule has 1 rings (SSSR count). The second-order valence-electron chi connectivity index (χ2n) is 3.48. The predicted molar refractivity (Wildman–Crippen MR) is 47.1 cm³/mol. The van der Waals surface area contributed by atoms with Crippen molar-refractivity contribution in [3.05, 3.63) is 11.7 Å². The third kappa shape index (κ3) is 2.78. The SMILES string of the molecule is COCCc1nc(C(C)(C)N)no1. The van der Waals surface area contributed by atoms with E-state index in [-0.39, 0.29) is 0 Å². The van der Waals surface area contributed by atoms with Crippen molar-refractivity contribution in [2.75, 3.05) is 13.7 Å². The second kappa shape index (κ2) is 3.85. The maximum atomic E-state index is 5.78. The van der Waals surface area contributed by atoms with E-state index in [2.05, 4.69) is 10.1 Å². The van der Waals surface area contributed by atoms with Crippen LogP contribution in [0.4, 0.5) is 0 Å². The standard InChI is InChI=1S/C8H15N3O2/c1-8(2,9)7-10-6(13-11-7)4-5-12-3/h4-5,9H2,1-3H3. The van der Waals surface area contributed by atoms with Gasteiger partial charge in [0.2, 0.25) is 5.89 Å². The summed E-state index contributed by atoms with van der Waals surface area (Å²) in [6.45, 7) is 4.24.